The molecule has 2 aromatic carbocycles. The van der Waals surface area contributed by atoms with Crippen molar-refractivity contribution in [3.05, 3.63) is 72.2 Å². The van der Waals surface area contributed by atoms with Crippen molar-refractivity contribution in [2.24, 2.45) is 15.7 Å². The highest BCUT2D eigenvalue weighted by Gasteiger charge is 2.29. The number of para-hydroxylation sites is 1. The van der Waals surface area contributed by atoms with Crippen LogP contribution in [0.25, 0.3) is 22.0 Å². The van der Waals surface area contributed by atoms with E-state index >= 15 is 0 Å². The van der Waals surface area contributed by atoms with Gasteiger partial charge in [-0.25, -0.2) is 4.99 Å². The van der Waals surface area contributed by atoms with Crippen LogP contribution in [-0.2, 0) is 5.79 Å². The molecule has 0 saturated heterocycles. The van der Waals surface area contributed by atoms with Crippen LogP contribution in [0.2, 0.25) is 0 Å². The maximum absolute atomic E-state index is 6.69. The predicted octanol–water partition coefficient (Wildman–Crippen LogP) is 2.74. The van der Waals surface area contributed by atoms with Gasteiger partial charge in [0.05, 0.1) is 12.9 Å². The van der Waals surface area contributed by atoms with Crippen molar-refractivity contribution >= 4 is 23.5 Å². The Balaban J connectivity index is 1.28. The summed E-state index contributed by atoms with van der Waals surface area (Å²) in [4.78, 5) is 14.4. The van der Waals surface area contributed by atoms with Crippen molar-refractivity contribution in [3.8, 4) is 11.1 Å². The van der Waals surface area contributed by atoms with Crippen LogP contribution in [0.3, 0.4) is 0 Å². The standard InChI is InChI=1S/C24H27N7/c25-24(29-11-9-23(30-24)27-10-4-13-31-14-12-26-17-31)19-6-3-5-18(15-19)21-16-28-22-8-2-1-7-20(21)22/h1-3,5-9,11,15-17,27-28,30H,4,10,12-14,25H2. The first-order valence-corrected chi connectivity index (χ1v) is 10.7. The zero-order valence-corrected chi connectivity index (χ0v) is 17.4. The van der Waals surface area contributed by atoms with Gasteiger partial charge >= 0.3 is 0 Å². The topological polar surface area (TPSA) is 93.8 Å². The molecule has 3 aromatic rings. The lowest BCUT2D eigenvalue weighted by Crippen LogP contribution is -2.52. The molecule has 31 heavy (non-hydrogen) atoms. The van der Waals surface area contributed by atoms with Crippen molar-refractivity contribution < 1.29 is 0 Å². The lowest BCUT2D eigenvalue weighted by Gasteiger charge is -2.32. The van der Waals surface area contributed by atoms with E-state index in [0.717, 1.165) is 60.6 Å². The molecular formula is C24H27N7. The Kier molecular flexibility index (Phi) is 5.18. The number of hydrogen-bond donors (Lipinski definition) is 4. The molecule has 0 radical (unpaired) electrons. The predicted molar refractivity (Wildman–Crippen MR) is 127 cm³/mol. The van der Waals surface area contributed by atoms with E-state index in [-0.39, 0.29) is 0 Å². The fraction of sp³-hybridized carbons (Fsp3) is 0.250. The van der Waals surface area contributed by atoms with E-state index in [2.05, 4.69) is 60.8 Å². The molecule has 5 N–H and O–H groups in total. The maximum atomic E-state index is 6.69. The van der Waals surface area contributed by atoms with Crippen molar-refractivity contribution in [2.75, 3.05) is 26.2 Å². The van der Waals surface area contributed by atoms with E-state index < -0.39 is 5.79 Å². The summed E-state index contributed by atoms with van der Waals surface area (Å²) in [5.41, 5.74) is 11.0. The Bertz CT molecular complexity index is 1160. The summed E-state index contributed by atoms with van der Waals surface area (Å²) in [5.74, 6) is -0.133. The molecule has 0 amide bonds. The Morgan fingerprint density at radius 1 is 1.16 bits per heavy atom. The molecule has 0 bridgehead atoms. The summed E-state index contributed by atoms with van der Waals surface area (Å²) in [6.45, 7) is 3.77. The lowest BCUT2D eigenvalue weighted by atomic mass is 9.99. The van der Waals surface area contributed by atoms with Gasteiger partial charge in [0.2, 0.25) is 5.79 Å². The highest BCUT2D eigenvalue weighted by Crippen LogP contribution is 2.31. The zero-order chi connectivity index (χ0) is 21.1. The number of nitrogens with zero attached hydrogens (tertiary/aromatic N) is 3. The van der Waals surface area contributed by atoms with Gasteiger partial charge in [0.15, 0.2) is 0 Å². The number of fused-ring (bicyclic) bond motifs is 1. The molecule has 1 atom stereocenters. The van der Waals surface area contributed by atoms with Crippen LogP contribution in [0.4, 0.5) is 0 Å². The number of aromatic amines is 1. The van der Waals surface area contributed by atoms with Gasteiger partial charge in [0.1, 0.15) is 5.82 Å². The van der Waals surface area contributed by atoms with Gasteiger partial charge < -0.3 is 20.5 Å². The SMILES string of the molecule is NC1(c2cccc(-c3c[nH]c4ccccc34)c2)N=CC=C(NCCCN2C=NCC2)N1. The fourth-order valence-electron chi connectivity index (χ4n) is 4.08. The van der Waals surface area contributed by atoms with E-state index in [0.29, 0.717) is 0 Å². The van der Waals surface area contributed by atoms with E-state index in [1.54, 1.807) is 6.21 Å². The quantitative estimate of drug-likeness (QED) is 0.448. The van der Waals surface area contributed by atoms with E-state index in [1.165, 1.54) is 5.39 Å². The molecule has 7 heteroatoms. The minimum Gasteiger partial charge on any atom is -0.372 e. The van der Waals surface area contributed by atoms with Crippen LogP contribution in [-0.4, -0.2) is 48.6 Å². The first kappa shape index (κ1) is 19.4. The first-order chi connectivity index (χ1) is 15.2. The Morgan fingerprint density at radius 2 is 2.10 bits per heavy atom. The average Bonchev–Trinajstić information content (AvgIpc) is 3.47. The van der Waals surface area contributed by atoms with Crippen LogP contribution < -0.4 is 16.4 Å². The van der Waals surface area contributed by atoms with E-state index in [4.69, 9.17) is 5.73 Å². The monoisotopic (exact) mass is 413 g/mol. The molecule has 0 fully saturated rings. The minimum atomic E-state index is -1.01. The van der Waals surface area contributed by atoms with Crippen LogP contribution in [0.1, 0.15) is 12.0 Å². The lowest BCUT2D eigenvalue weighted by molar-refractivity contribution is 0.378. The van der Waals surface area contributed by atoms with Crippen molar-refractivity contribution in [2.45, 2.75) is 12.2 Å². The summed E-state index contributed by atoms with van der Waals surface area (Å²) in [5, 5.41) is 8.00. The molecule has 5 rings (SSSR count). The van der Waals surface area contributed by atoms with Crippen molar-refractivity contribution in [1.82, 2.24) is 20.5 Å². The summed E-state index contributed by atoms with van der Waals surface area (Å²) in [6, 6.07) is 16.6. The van der Waals surface area contributed by atoms with Crippen LogP contribution in [0, 0.1) is 0 Å². The smallest absolute Gasteiger partial charge is 0.210 e. The maximum Gasteiger partial charge on any atom is 0.210 e. The number of aliphatic imine (C=N–C) groups is 2. The summed E-state index contributed by atoms with van der Waals surface area (Å²) in [6.07, 6.45) is 8.70. The van der Waals surface area contributed by atoms with Gasteiger partial charge in [-0.15, -0.1) is 0 Å². The second kappa shape index (κ2) is 8.28. The third-order valence-electron chi connectivity index (χ3n) is 5.75. The number of nitrogens with one attached hydrogen (secondary N) is 3. The number of hydrogen-bond acceptors (Lipinski definition) is 6. The number of benzene rings is 2. The van der Waals surface area contributed by atoms with E-state index in [9.17, 15) is 0 Å². The van der Waals surface area contributed by atoms with Crippen molar-refractivity contribution in [3.63, 3.8) is 0 Å². The van der Waals surface area contributed by atoms with Crippen LogP contribution in [0.15, 0.2) is 76.6 Å². The summed E-state index contributed by atoms with van der Waals surface area (Å²) in [7, 11) is 0. The number of nitrogens with two attached hydrogens (primary N) is 1. The normalized spacial score (nSPS) is 20.2. The van der Waals surface area contributed by atoms with Crippen LogP contribution >= 0.6 is 0 Å². The molecule has 7 nitrogen and oxygen atoms in total. The van der Waals surface area contributed by atoms with Gasteiger partial charge in [-0.3, -0.25) is 10.7 Å². The van der Waals surface area contributed by atoms with Gasteiger partial charge in [-0.2, -0.15) is 0 Å². The summed E-state index contributed by atoms with van der Waals surface area (Å²) < 4.78 is 0. The number of H-pyrrole nitrogens is 1. The molecule has 0 spiro atoms. The van der Waals surface area contributed by atoms with Gasteiger partial charge in [-0.05, 0) is 30.2 Å². The molecule has 0 saturated carbocycles. The number of allylic oxidation sites excluding steroid dienone is 1. The molecule has 0 aliphatic carbocycles. The number of rotatable bonds is 7. The molecule has 1 aromatic heterocycles. The Labute approximate surface area is 181 Å². The molecule has 2 aliphatic rings. The highest BCUT2D eigenvalue weighted by atomic mass is 15.3. The third-order valence-corrected chi connectivity index (χ3v) is 5.75. The Hall–Kier alpha value is -3.58. The number of aromatic nitrogens is 1. The van der Waals surface area contributed by atoms with Crippen molar-refractivity contribution in [1.29, 1.82) is 0 Å². The van der Waals surface area contributed by atoms with Gasteiger partial charge in [0, 0.05) is 54.1 Å². The molecule has 158 valence electrons. The molecular weight excluding hydrogens is 386 g/mol. The zero-order valence-electron chi connectivity index (χ0n) is 17.4. The minimum absolute atomic E-state index is 0.850. The third kappa shape index (κ3) is 4.04. The molecule has 3 heterocycles. The van der Waals surface area contributed by atoms with Gasteiger partial charge in [0.25, 0.3) is 0 Å². The first-order valence-electron chi connectivity index (χ1n) is 10.7. The molecule has 1 unspecified atom stereocenters. The second-order valence-corrected chi connectivity index (χ2v) is 7.92. The second-order valence-electron chi connectivity index (χ2n) is 7.92. The fourth-order valence-corrected chi connectivity index (χ4v) is 4.08. The van der Waals surface area contributed by atoms with E-state index in [1.807, 2.05) is 36.8 Å². The van der Waals surface area contributed by atoms with Crippen LogP contribution in [0.5, 0.6) is 0 Å². The Morgan fingerprint density at radius 3 is 3.00 bits per heavy atom. The van der Waals surface area contributed by atoms with Gasteiger partial charge in [-0.1, -0.05) is 36.4 Å². The largest absolute Gasteiger partial charge is 0.372 e. The average molecular weight is 414 g/mol. The molecule has 2 aliphatic heterocycles. The highest BCUT2D eigenvalue weighted by molar-refractivity contribution is 5.95. The summed E-state index contributed by atoms with van der Waals surface area (Å²) >= 11 is 0.